The number of halogens is 2. The Morgan fingerprint density at radius 1 is 1.53 bits per heavy atom. The van der Waals surface area contributed by atoms with Gasteiger partial charge < -0.3 is 5.11 Å². The quantitative estimate of drug-likeness (QED) is 0.748. The molecule has 0 aromatic heterocycles. The molecule has 19 heavy (non-hydrogen) atoms. The molecule has 1 aliphatic carbocycles. The second-order valence-corrected chi connectivity index (χ2v) is 6.73. The van der Waals surface area contributed by atoms with Crippen molar-refractivity contribution in [2.24, 2.45) is 5.92 Å². The second kappa shape index (κ2) is 6.13. The molecule has 2 unspecified atom stereocenters. The van der Waals surface area contributed by atoms with Crippen molar-refractivity contribution in [2.75, 3.05) is 5.75 Å². The Morgan fingerprint density at radius 2 is 2.16 bits per heavy atom. The van der Waals surface area contributed by atoms with Gasteiger partial charge >= 0.3 is 5.97 Å². The van der Waals surface area contributed by atoms with Crippen molar-refractivity contribution in [3.05, 3.63) is 0 Å². The maximum atomic E-state index is 13.4. The first-order chi connectivity index (χ1) is 8.68. The van der Waals surface area contributed by atoms with Crippen LogP contribution in [0.5, 0.6) is 0 Å². The lowest BCUT2D eigenvalue weighted by atomic mass is 10.1. The summed E-state index contributed by atoms with van der Waals surface area (Å²) < 4.78 is 52.3. The molecular weight excluding hydrogens is 280 g/mol. The summed E-state index contributed by atoms with van der Waals surface area (Å²) in [4.78, 5) is 10.9. The number of hydrogen-bond donors (Lipinski definition) is 2. The lowest BCUT2D eigenvalue weighted by Crippen LogP contribution is -2.44. The molecule has 0 amide bonds. The molecule has 0 aliphatic heterocycles. The van der Waals surface area contributed by atoms with Crippen LogP contribution in [0.1, 0.15) is 39.0 Å². The van der Waals surface area contributed by atoms with Gasteiger partial charge in [-0.3, -0.25) is 4.79 Å². The van der Waals surface area contributed by atoms with E-state index in [0.717, 1.165) is 0 Å². The van der Waals surface area contributed by atoms with Gasteiger partial charge in [-0.05, 0) is 19.3 Å². The fraction of sp³-hybridized carbons (Fsp3) is 0.909. The van der Waals surface area contributed by atoms with Crippen molar-refractivity contribution in [3.8, 4) is 0 Å². The van der Waals surface area contributed by atoms with Gasteiger partial charge in [-0.15, -0.1) is 0 Å². The summed E-state index contributed by atoms with van der Waals surface area (Å²) in [6, 6.07) is -1.25. The van der Waals surface area contributed by atoms with E-state index in [1.165, 1.54) is 0 Å². The average molecular weight is 299 g/mol. The Hall–Kier alpha value is -0.760. The Kier molecular flexibility index (Phi) is 5.26. The van der Waals surface area contributed by atoms with Crippen molar-refractivity contribution >= 4 is 16.0 Å². The van der Waals surface area contributed by atoms with Gasteiger partial charge in [-0.1, -0.05) is 13.3 Å². The molecule has 0 spiro atoms. The van der Waals surface area contributed by atoms with Gasteiger partial charge in [0, 0.05) is 12.3 Å². The molecule has 0 bridgehead atoms. The molecule has 2 atom stereocenters. The Balaban J connectivity index is 2.68. The summed E-state index contributed by atoms with van der Waals surface area (Å²) >= 11 is 0. The third-order valence-electron chi connectivity index (χ3n) is 3.28. The summed E-state index contributed by atoms with van der Waals surface area (Å²) in [6.45, 7) is 1.72. The van der Waals surface area contributed by atoms with Crippen LogP contribution in [0.15, 0.2) is 0 Å². The van der Waals surface area contributed by atoms with Crippen molar-refractivity contribution < 1.29 is 27.1 Å². The molecule has 1 fully saturated rings. The minimum absolute atomic E-state index is 0.135. The summed E-state index contributed by atoms with van der Waals surface area (Å²) in [7, 11) is -4.01. The topological polar surface area (TPSA) is 83.5 Å². The van der Waals surface area contributed by atoms with E-state index in [1.807, 2.05) is 4.72 Å². The van der Waals surface area contributed by atoms with Gasteiger partial charge in [0.2, 0.25) is 10.0 Å². The molecule has 1 aliphatic rings. The highest BCUT2D eigenvalue weighted by Gasteiger charge is 2.46. The number of carbonyl (C=O) groups is 1. The molecule has 1 saturated carbocycles. The highest BCUT2D eigenvalue weighted by molar-refractivity contribution is 7.89. The number of nitrogens with one attached hydrogen (secondary N) is 1. The average Bonchev–Trinajstić information content (AvgIpc) is 2.56. The van der Waals surface area contributed by atoms with Crippen LogP contribution in [0.2, 0.25) is 0 Å². The van der Waals surface area contributed by atoms with Crippen LogP contribution in [-0.2, 0) is 14.8 Å². The monoisotopic (exact) mass is 299 g/mol. The van der Waals surface area contributed by atoms with Gasteiger partial charge in [0.25, 0.3) is 5.92 Å². The lowest BCUT2D eigenvalue weighted by molar-refractivity contribution is -0.139. The number of hydrogen-bond acceptors (Lipinski definition) is 3. The first-order valence-corrected chi connectivity index (χ1v) is 7.94. The molecule has 2 N–H and O–H groups in total. The summed E-state index contributed by atoms with van der Waals surface area (Å²) in [5.41, 5.74) is 0. The molecule has 8 heteroatoms. The van der Waals surface area contributed by atoms with Crippen LogP contribution < -0.4 is 4.72 Å². The number of sulfonamides is 1. The van der Waals surface area contributed by atoms with Crippen molar-refractivity contribution in [1.29, 1.82) is 0 Å². The van der Waals surface area contributed by atoms with E-state index >= 15 is 0 Å². The maximum absolute atomic E-state index is 13.4. The minimum Gasteiger partial charge on any atom is -0.480 e. The van der Waals surface area contributed by atoms with Gasteiger partial charge in [0.05, 0.1) is 5.75 Å². The fourth-order valence-corrected chi connectivity index (χ4v) is 3.94. The van der Waals surface area contributed by atoms with Crippen LogP contribution in [-0.4, -0.2) is 37.2 Å². The summed E-state index contributed by atoms with van der Waals surface area (Å²) in [5.74, 6) is -6.20. The summed E-state index contributed by atoms with van der Waals surface area (Å²) in [6.07, 6.45) is 0.767. The molecule has 112 valence electrons. The van der Waals surface area contributed by atoms with Crippen molar-refractivity contribution in [3.63, 3.8) is 0 Å². The molecular formula is C11H19F2NO4S. The van der Waals surface area contributed by atoms with E-state index in [-0.39, 0.29) is 19.3 Å². The molecule has 1 rings (SSSR count). The fourth-order valence-electron chi connectivity index (χ4n) is 2.26. The highest BCUT2D eigenvalue weighted by Crippen LogP contribution is 2.40. The third-order valence-corrected chi connectivity index (χ3v) is 4.76. The maximum Gasteiger partial charge on any atom is 0.321 e. The van der Waals surface area contributed by atoms with Gasteiger partial charge in [-0.25, -0.2) is 21.9 Å². The van der Waals surface area contributed by atoms with Crippen LogP contribution in [0.3, 0.4) is 0 Å². The number of aliphatic carboxylic acids is 1. The molecule has 0 radical (unpaired) electrons. The Labute approximate surface area is 111 Å². The Morgan fingerprint density at radius 3 is 2.58 bits per heavy atom. The predicted molar refractivity (Wildman–Crippen MR) is 65.5 cm³/mol. The highest BCUT2D eigenvalue weighted by atomic mass is 32.2. The predicted octanol–water partition coefficient (Wildman–Crippen LogP) is 1.59. The van der Waals surface area contributed by atoms with Gasteiger partial charge in [0.1, 0.15) is 6.04 Å². The van der Waals surface area contributed by atoms with E-state index in [1.54, 1.807) is 6.92 Å². The number of alkyl halides is 2. The van der Waals surface area contributed by atoms with E-state index in [2.05, 4.69) is 0 Å². The van der Waals surface area contributed by atoms with Crippen molar-refractivity contribution in [2.45, 2.75) is 51.0 Å². The smallest absolute Gasteiger partial charge is 0.321 e. The van der Waals surface area contributed by atoms with Crippen LogP contribution in [0.4, 0.5) is 8.78 Å². The van der Waals surface area contributed by atoms with Gasteiger partial charge in [-0.2, -0.15) is 0 Å². The minimum atomic E-state index is -4.01. The van der Waals surface area contributed by atoms with Crippen LogP contribution in [0.25, 0.3) is 0 Å². The van der Waals surface area contributed by atoms with Crippen LogP contribution in [0, 0.1) is 5.92 Å². The van der Waals surface area contributed by atoms with Gasteiger partial charge in [0.15, 0.2) is 0 Å². The molecule has 0 heterocycles. The standard InChI is InChI=1S/C11H19F2NO4S/c1-2-4-9(10(15)16)14-19(17,18)7-8-5-3-6-11(8,12)13/h8-9,14H,2-7H2,1H3,(H,15,16). The van der Waals surface area contributed by atoms with E-state index < -0.39 is 39.6 Å². The SMILES string of the molecule is CCCC(NS(=O)(=O)CC1CCCC1(F)F)C(=O)O. The van der Waals surface area contributed by atoms with E-state index in [0.29, 0.717) is 12.8 Å². The zero-order valence-corrected chi connectivity index (χ0v) is 11.5. The Bertz CT molecular complexity index is 424. The number of carboxylic acid groups (broad SMARTS) is 1. The largest absolute Gasteiger partial charge is 0.480 e. The molecule has 0 saturated heterocycles. The van der Waals surface area contributed by atoms with E-state index in [9.17, 15) is 22.0 Å². The third kappa shape index (κ3) is 4.68. The molecule has 0 aromatic rings. The zero-order valence-electron chi connectivity index (χ0n) is 10.7. The lowest BCUT2D eigenvalue weighted by Gasteiger charge is -2.20. The van der Waals surface area contributed by atoms with Crippen molar-refractivity contribution in [1.82, 2.24) is 4.72 Å². The first-order valence-electron chi connectivity index (χ1n) is 6.28. The molecule has 5 nitrogen and oxygen atoms in total. The number of rotatable bonds is 7. The first kappa shape index (κ1) is 16.3. The van der Waals surface area contributed by atoms with Crippen LogP contribution >= 0.6 is 0 Å². The molecule has 0 aromatic carbocycles. The van der Waals surface area contributed by atoms with E-state index in [4.69, 9.17) is 5.11 Å². The summed E-state index contributed by atoms with van der Waals surface area (Å²) in [5, 5.41) is 8.86. The normalized spacial score (nSPS) is 24.3. The second-order valence-electron chi connectivity index (χ2n) is 4.93. The zero-order chi connectivity index (χ0) is 14.7. The number of carboxylic acids is 1.